The standard InChI is InChI=1S/C14H24B4N2O4S2/c1-11(2,3)23-9(21)19-7-13(15,16)25-26-14(17,18)8-20-10(22)24-12(4,5)6/h7-8H2,1-6H3,(H,19,21)(H,20,22). The summed E-state index contributed by atoms with van der Waals surface area (Å²) in [6.07, 6.45) is -1.27. The van der Waals surface area contributed by atoms with Crippen molar-refractivity contribution >= 4 is 65.2 Å². The lowest BCUT2D eigenvalue weighted by atomic mass is 9.69. The Bertz CT molecular complexity index is 450. The summed E-state index contributed by atoms with van der Waals surface area (Å²) >= 11 is 0. The van der Waals surface area contributed by atoms with Gasteiger partial charge in [-0.3, -0.25) is 0 Å². The van der Waals surface area contributed by atoms with Gasteiger partial charge in [-0.05, 0) is 50.6 Å². The lowest BCUT2D eigenvalue weighted by Crippen LogP contribution is -2.45. The molecule has 0 aromatic carbocycles. The predicted octanol–water partition coefficient (Wildman–Crippen LogP) is 1.40. The van der Waals surface area contributed by atoms with Gasteiger partial charge in [0, 0.05) is 13.1 Å². The second-order valence-corrected chi connectivity index (χ2v) is 10.6. The summed E-state index contributed by atoms with van der Waals surface area (Å²) in [5, 5.41) is 4.95. The number of rotatable bonds is 7. The Morgan fingerprint density at radius 1 is 0.731 bits per heavy atom. The van der Waals surface area contributed by atoms with Gasteiger partial charge in [0.2, 0.25) is 0 Å². The Hall–Kier alpha value is -0.500. The quantitative estimate of drug-likeness (QED) is 0.505. The number of carbonyl (C=O) groups is 2. The van der Waals surface area contributed by atoms with Crippen molar-refractivity contribution in [3.8, 4) is 0 Å². The van der Waals surface area contributed by atoms with Crippen molar-refractivity contribution in [3.05, 3.63) is 0 Å². The van der Waals surface area contributed by atoms with Gasteiger partial charge in [0.25, 0.3) is 0 Å². The minimum atomic E-state index is -1.35. The Labute approximate surface area is 169 Å². The summed E-state index contributed by atoms with van der Waals surface area (Å²) in [5.74, 6) is 0. The molecule has 0 aromatic rings. The lowest BCUT2D eigenvalue weighted by molar-refractivity contribution is 0.0517. The fraction of sp³-hybridized carbons (Fsp3) is 0.857. The van der Waals surface area contributed by atoms with Crippen molar-refractivity contribution in [3.63, 3.8) is 0 Å². The van der Waals surface area contributed by atoms with Crippen LogP contribution in [0.25, 0.3) is 0 Å². The Balaban J connectivity index is 4.33. The van der Waals surface area contributed by atoms with E-state index in [1.807, 2.05) is 0 Å². The Morgan fingerprint density at radius 2 is 1.00 bits per heavy atom. The molecule has 2 amide bonds. The van der Waals surface area contributed by atoms with Crippen LogP contribution in [-0.4, -0.2) is 77.0 Å². The first-order valence-corrected chi connectivity index (χ1v) is 10.0. The highest BCUT2D eigenvalue weighted by atomic mass is 33.1. The van der Waals surface area contributed by atoms with Gasteiger partial charge in [0.15, 0.2) is 0 Å². The molecule has 0 aromatic heterocycles. The molecular formula is C14H24B4N2O4S2. The van der Waals surface area contributed by atoms with Gasteiger partial charge in [-0.1, -0.05) is 0 Å². The van der Waals surface area contributed by atoms with Crippen molar-refractivity contribution in [2.75, 3.05) is 13.1 Å². The van der Waals surface area contributed by atoms with E-state index in [1.54, 1.807) is 41.5 Å². The van der Waals surface area contributed by atoms with Gasteiger partial charge in [-0.25, -0.2) is 9.59 Å². The molecule has 0 aliphatic carbocycles. The van der Waals surface area contributed by atoms with Gasteiger partial charge >= 0.3 is 12.2 Å². The molecule has 6 nitrogen and oxygen atoms in total. The summed E-state index contributed by atoms with van der Waals surface area (Å²) in [4.78, 5) is 23.3. The van der Waals surface area contributed by atoms with Crippen molar-refractivity contribution < 1.29 is 19.1 Å². The van der Waals surface area contributed by atoms with E-state index < -0.39 is 32.5 Å². The molecule has 2 N–H and O–H groups in total. The number of ether oxygens (including phenoxy) is 2. The third-order valence-corrected chi connectivity index (χ3v) is 5.27. The normalized spacial score (nSPS) is 13.0. The maximum atomic E-state index is 11.6. The summed E-state index contributed by atoms with van der Waals surface area (Å²) in [6, 6.07) is 0. The second-order valence-electron chi connectivity index (χ2n) is 7.79. The van der Waals surface area contributed by atoms with E-state index in [4.69, 9.17) is 40.9 Å². The Morgan fingerprint density at radius 3 is 1.23 bits per heavy atom. The van der Waals surface area contributed by atoms with Crippen LogP contribution in [0.2, 0.25) is 0 Å². The molecule has 0 aliphatic rings. The molecule has 0 spiro atoms. The van der Waals surface area contributed by atoms with Crippen LogP contribution < -0.4 is 10.6 Å². The second kappa shape index (κ2) is 9.62. The third kappa shape index (κ3) is 14.6. The van der Waals surface area contributed by atoms with Gasteiger partial charge in [0.1, 0.15) is 11.2 Å². The maximum absolute atomic E-state index is 11.6. The van der Waals surface area contributed by atoms with Gasteiger partial charge in [0.05, 0.1) is 31.4 Å². The number of hydrogen-bond donors (Lipinski definition) is 2. The first-order chi connectivity index (χ1) is 11.4. The van der Waals surface area contributed by atoms with E-state index in [1.165, 1.54) is 0 Å². The molecule has 0 bridgehead atoms. The molecule has 0 fully saturated rings. The van der Waals surface area contributed by atoms with E-state index in [2.05, 4.69) is 10.6 Å². The highest BCUT2D eigenvalue weighted by Crippen LogP contribution is 2.38. The van der Waals surface area contributed by atoms with Crippen LogP contribution in [0.3, 0.4) is 0 Å². The van der Waals surface area contributed by atoms with Crippen LogP contribution in [0.15, 0.2) is 0 Å². The molecule has 8 radical (unpaired) electrons. The molecule has 0 heterocycles. The van der Waals surface area contributed by atoms with E-state index in [-0.39, 0.29) is 13.1 Å². The minimum Gasteiger partial charge on any atom is -0.444 e. The maximum Gasteiger partial charge on any atom is 0.407 e. The van der Waals surface area contributed by atoms with Gasteiger partial charge in [-0.15, -0.1) is 21.6 Å². The van der Waals surface area contributed by atoms with E-state index in [9.17, 15) is 9.59 Å². The largest absolute Gasteiger partial charge is 0.444 e. The van der Waals surface area contributed by atoms with E-state index >= 15 is 0 Å². The first-order valence-electron chi connectivity index (χ1n) is 7.87. The number of carbonyl (C=O) groups excluding carboxylic acids is 2. The number of amides is 2. The number of nitrogens with one attached hydrogen (secondary N) is 2. The molecule has 0 atom stereocenters. The molecule has 26 heavy (non-hydrogen) atoms. The molecule has 0 saturated carbocycles. The molecule has 12 heteroatoms. The minimum absolute atomic E-state index is 0.0743. The summed E-state index contributed by atoms with van der Waals surface area (Å²) in [5.41, 5.74) is -1.26. The molecule has 138 valence electrons. The summed E-state index contributed by atoms with van der Waals surface area (Å²) in [7, 11) is 25.5. The average Bonchev–Trinajstić information content (AvgIpc) is 2.38. The van der Waals surface area contributed by atoms with Crippen molar-refractivity contribution in [1.29, 1.82) is 0 Å². The van der Waals surface area contributed by atoms with E-state index in [0.717, 1.165) is 21.6 Å². The highest BCUT2D eigenvalue weighted by Gasteiger charge is 2.27. The zero-order valence-corrected chi connectivity index (χ0v) is 17.8. The van der Waals surface area contributed by atoms with Gasteiger partial charge < -0.3 is 20.1 Å². The lowest BCUT2D eigenvalue weighted by Gasteiger charge is -2.32. The molecule has 0 aliphatic heterocycles. The van der Waals surface area contributed by atoms with E-state index in [0.29, 0.717) is 0 Å². The van der Waals surface area contributed by atoms with Crippen LogP contribution in [0.5, 0.6) is 0 Å². The van der Waals surface area contributed by atoms with Gasteiger partial charge in [-0.2, -0.15) is 0 Å². The molecular weight excluding hydrogens is 368 g/mol. The van der Waals surface area contributed by atoms with Crippen LogP contribution in [-0.2, 0) is 9.47 Å². The van der Waals surface area contributed by atoms with Crippen molar-refractivity contribution in [2.45, 2.75) is 61.8 Å². The van der Waals surface area contributed by atoms with Crippen LogP contribution in [0, 0.1) is 0 Å². The third-order valence-electron chi connectivity index (χ3n) is 2.17. The predicted molar refractivity (Wildman–Crippen MR) is 112 cm³/mol. The average molecular weight is 392 g/mol. The Kier molecular flexibility index (Phi) is 9.44. The highest BCUT2D eigenvalue weighted by molar-refractivity contribution is 8.78. The molecule has 0 unspecified atom stereocenters. The summed E-state index contributed by atoms with van der Waals surface area (Å²) < 4.78 is 7.49. The SMILES string of the molecule is [B]C([B])(CNC(=O)OC(C)(C)C)SSC([B])([B])CNC(=O)OC(C)(C)C. The molecule has 0 saturated heterocycles. The van der Waals surface area contributed by atoms with Crippen molar-refractivity contribution in [1.82, 2.24) is 10.6 Å². The number of hydrogen-bond acceptors (Lipinski definition) is 6. The van der Waals surface area contributed by atoms with Crippen molar-refractivity contribution in [2.24, 2.45) is 0 Å². The zero-order valence-electron chi connectivity index (χ0n) is 16.2. The zero-order chi connectivity index (χ0) is 20.8. The first kappa shape index (κ1) is 25.5. The smallest absolute Gasteiger partial charge is 0.407 e. The summed E-state index contributed by atoms with van der Waals surface area (Å²) in [6.45, 7) is 10.3. The fourth-order valence-corrected chi connectivity index (χ4v) is 3.12. The topological polar surface area (TPSA) is 76.7 Å². The fourth-order valence-electron chi connectivity index (χ4n) is 1.26. The van der Waals surface area contributed by atoms with Crippen LogP contribution >= 0.6 is 21.6 Å². The van der Waals surface area contributed by atoms with Crippen LogP contribution in [0.1, 0.15) is 41.5 Å². The number of alkyl carbamates (subject to hydrolysis) is 2. The monoisotopic (exact) mass is 392 g/mol. The molecule has 0 rings (SSSR count). The van der Waals surface area contributed by atoms with Crippen LogP contribution in [0.4, 0.5) is 9.59 Å².